The van der Waals surface area contributed by atoms with Crippen LogP contribution in [-0.4, -0.2) is 27.4 Å². The second-order valence-electron chi connectivity index (χ2n) is 4.53. The Labute approximate surface area is 104 Å². The van der Waals surface area contributed by atoms with E-state index in [0.717, 1.165) is 5.56 Å². The molecule has 0 fully saturated rings. The molecule has 4 nitrogen and oxygen atoms in total. The molecule has 5 heteroatoms. The fraction of sp³-hybridized carbons (Fsp3) is 0.417. The van der Waals surface area contributed by atoms with Gasteiger partial charge < -0.3 is 9.84 Å². The maximum atomic E-state index is 11.7. The van der Waals surface area contributed by atoms with Crippen LogP contribution in [0.25, 0.3) is 0 Å². The highest BCUT2D eigenvalue weighted by Crippen LogP contribution is 2.25. The monoisotopic (exact) mass is 255 g/mol. The Balaban J connectivity index is 2.89. The van der Waals surface area contributed by atoms with Crippen LogP contribution in [0.1, 0.15) is 26.3 Å². The number of hydrogen-bond donors (Lipinski definition) is 1. The van der Waals surface area contributed by atoms with Crippen LogP contribution >= 0.6 is 0 Å². The van der Waals surface area contributed by atoms with Crippen LogP contribution in [0.4, 0.5) is 0 Å². The minimum absolute atomic E-state index is 0.0709. The first-order valence-electron chi connectivity index (χ1n) is 5.17. The van der Waals surface area contributed by atoms with Crippen molar-refractivity contribution in [3.8, 4) is 11.5 Å². The summed E-state index contributed by atoms with van der Waals surface area (Å²) < 4.78 is 20.3. The minimum Gasteiger partial charge on any atom is -0.504 e. The van der Waals surface area contributed by atoms with Gasteiger partial charge in [-0.05, 0) is 44.5 Å². The first-order valence-corrected chi connectivity index (χ1v) is 6.28. The lowest BCUT2D eigenvalue weighted by molar-refractivity contribution is 0.373. The first-order chi connectivity index (χ1) is 7.84. The van der Waals surface area contributed by atoms with Gasteiger partial charge in [0.05, 0.1) is 11.9 Å². The molecule has 0 aromatic heterocycles. The molecule has 1 rings (SSSR count). The molecule has 1 N–H and O–H groups in total. The predicted octanol–water partition coefficient (Wildman–Crippen LogP) is 2.28. The van der Waals surface area contributed by atoms with E-state index < -0.39 is 11.0 Å². The molecule has 1 aromatic rings. The lowest BCUT2D eigenvalue weighted by Gasteiger charge is -2.12. The number of nitrogens with zero attached hydrogens (tertiary/aromatic N) is 1. The van der Waals surface area contributed by atoms with Crippen LogP contribution in [-0.2, 0) is 11.0 Å². The van der Waals surface area contributed by atoms with E-state index in [2.05, 4.69) is 4.40 Å². The van der Waals surface area contributed by atoms with Gasteiger partial charge in [-0.25, -0.2) is 4.21 Å². The first kappa shape index (κ1) is 13.7. The number of ether oxygens (including phenoxy) is 1. The summed E-state index contributed by atoms with van der Waals surface area (Å²) in [6.07, 6.45) is 1.52. The van der Waals surface area contributed by atoms with Crippen molar-refractivity contribution in [2.24, 2.45) is 4.40 Å². The van der Waals surface area contributed by atoms with Crippen molar-refractivity contribution in [2.45, 2.75) is 25.5 Å². The summed E-state index contributed by atoms with van der Waals surface area (Å²) in [5, 5.41) is 9.41. The fourth-order valence-electron chi connectivity index (χ4n) is 1.04. The third-order valence-electron chi connectivity index (χ3n) is 2.03. The number of benzene rings is 1. The van der Waals surface area contributed by atoms with Gasteiger partial charge in [0, 0.05) is 6.21 Å². The van der Waals surface area contributed by atoms with Crippen LogP contribution < -0.4 is 4.74 Å². The van der Waals surface area contributed by atoms with E-state index in [1.165, 1.54) is 19.4 Å². The highest BCUT2D eigenvalue weighted by molar-refractivity contribution is 7.85. The normalized spacial score (nSPS) is 13.9. The highest BCUT2D eigenvalue weighted by Gasteiger charge is 2.18. The smallest absolute Gasteiger partial charge is 0.161 e. The van der Waals surface area contributed by atoms with Gasteiger partial charge in [0.25, 0.3) is 0 Å². The van der Waals surface area contributed by atoms with Crippen molar-refractivity contribution in [3.63, 3.8) is 0 Å². The summed E-state index contributed by atoms with van der Waals surface area (Å²) in [5.41, 5.74) is 0.734. The SMILES string of the molecule is COc1cc(/C=N/S(=O)C(C)(C)C)ccc1O. The molecule has 0 saturated heterocycles. The molecule has 0 heterocycles. The highest BCUT2D eigenvalue weighted by atomic mass is 32.2. The van der Waals surface area contributed by atoms with Crippen LogP contribution in [0, 0.1) is 0 Å². The molecule has 0 saturated carbocycles. The maximum absolute atomic E-state index is 11.7. The number of rotatable bonds is 3. The Morgan fingerprint density at radius 1 is 1.41 bits per heavy atom. The Morgan fingerprint density at radius 2 is 2.06 bits per heavy atom. The van der Waals surface area contributed by atoms with Crippen molar-refractivity contribution in [2.75, 3.05) is 7.11 Å². The number of phenols is 1. The molecule has 0 aliphatic heterocycles. The molecular formula is C12H17NO3S. The molecular weight excluding hydrogens is 238 g/mol. The van der Waals surface area contributed by atoms with Crippen LogP contribution in [0.15, 0.2) is 22.6 Å². The summed E-state index contributed by atoms with van der Waals surface area (Å²) in [5.74, 6) is 0.442. The van der Waals surface area contributed by atoms with E-state index in [9.17, 15) is 9.32 Å². The molecule has 0 aliphatic rings. The molecule has 0 bridgehead atoms. The van der Waals surface area contributed by atoms with Gasteiger partial charge in [-0.1, -0.05) is 0 Å². The molecule has 94 valence electrons. The van der Waals surface area contributed by atoms with E-state index in [1.54, 1.807) is 12.1 Å². The summed E-state index contributed by atoms with van der Waals surface area (Å²) >= 11 is 0. The average molecular weight is 255 g/mol. The van der Waals surface area contributed by atoms with Crippen molar-refractivity contribution >= 4 is 17.2 Å². The minimum atomic E-state index is -1.29. The van der Waals surface area contributed by atoms with Crippen molar-refractivity contribution in [1.82, 2.24) is 0 Å². The number of hydrogen-bond acceptors (Lipinski definition) is 3. The Kier molecular flexibility index (Phi) is 4.28. The van der Waals surface area contributed by atoms with Gasteiger partial charge in [0.2, 0.25) is 0 Å². The molecule has 0 aliphatic carbocycles. The standard InChI is InChI=1S/C12H17NO3S/c1-12(2,3)17(15)13-8-9-5-6-10(14)11(7-9)16-4/h5-8,14H,1-4H3/b13-8+. The third-order valence-corrected chi connectivity index (χ3v) is 3.37. The molecule has 1 unspecified atom stereocenters. The lowest BCUT2D eigenvalue weighted by atomic mass is 10.2. The van der Waals surface area contributed by atoms with Gasteiger partial charge in [-0.2, -0.15) is 4.40 Å². The average Bonchev–Trinajstić information content (AvgIpc) is 2.26. The molecule has 0 spiro atoms. The number of phenolic OH excluding ortho intramolecular Hbond substituents is 1. The molecule has 17 heavy (non-hydrogen) atoms. The Morgan fingerprint density at radius 3 is 2.59 bits per heavy atom. The van der Waals surface area contributed by atoms with E-state index >= 15 is 0 Å². The van der Waals surface area contributed by atoms with Crippen molar-refractivity contribution in [1.29, 1.82) is 0 Å². The maximum Gasteiger partial charge on any atom is 0.161 e. The summed E-state index contributed by atoms with van der Waals surface area (Å²) in [4.78, 5) is 0. The lowest BCUT2D eigenvalue weighted by Crippen LogP contribution is -2.19. The van der Waals surface area contributed by atoms with E-state index in [1.807, 2.05) is 20.8 Å². The zero-order valence-corrected chi connectivity index (χ0v) is 11.2. The molecule has 1 atom stereocenters. The Hall–Kier alpha value is -1.36. The quantitative estimate of drug-likeness (QED) is 0.843. The summed E-state index contributed by atoms with van der Waals surface area (Å²) in [6, 6.07) is 4.83. The molecule has 0 radical (unpaired) electrons. The van der Waals surface area contributed by atoms with E-state index in [0.29, 0.717) is 5.75 Å². The number of methoxy groups -OCH3 is 1. The van der Waals surface area contributed by atoms with Gasteiger partial charge in [-0.15, -0.1) is 0 Å². The second-order valence-corrected chi connectivity index (χ2v) is 6.46. The van der Waals surface area contributed by atoms with Crippen LogP contribution in [0.3, 0.4) is 0 Å². The molecule has 0 amide bonds. The van der Waals surface area contributed by atoms with Gasteiger partial charge in [-0.3, -0.25) is 0 Å². The topological polar surface area (TPSA) is 58.9 Å². The van der Waals surface area contributed by atoms with Crippen LogP contribution in [0.5, 0.6) is 11.5 Å². The largest absolute Gasteiger partial charge is 0.504 e. The van der Waals surface area contributed by atoms with E-state index in [-0.39, 0.29) is 10.5 Å². The Bertz CT molecular complexity index is 450. The van der Waals surface area contributed by atoms with Crippen molar-refractivity contribution < 1.29 is 14.1 Å². The summed E-state index contributed by atoms with van der Waals surface area (Å²) in [6.45, 7) is 5.58. The second kappa shape index (κ2) is 5.31. The van der Waals surface area contributed by atoms with E-state index in [4.69, 9.17) is 4.74 Å². The summed E-state index contributed by atoms with van der Waals surface area (Å²) in [7, 11) is 0.190. The zero-order chi connectivity index (χ0) is 13.1. The van der Waals surface area contributed by atoms with Crippen molar-refractivity contribution in [3.05, 3.63) is 23.8 Å². The van der Waals surface area contributed by atoms with Gasteiger partial charge in [0.15, 0.2) is 11.5 Å². The fourth-order valence-corrected chi connectivity index (χ4v) is 1.58. The molecule has 1 aromatic carbocycles. The zero-order valence-electron chi connectivity index (χ0n) is 10.4. The third kappa shape index (κ3) is 3.85. The van der Waals surface area contributed by atoms with Gasteiger partial charge >= 0.3 is 0 Å². The van der Waals surface area contributed by atoms with Crippen LogP contribution in [0.2, 0.25) is 0 Å². The number of aromatic hydroxyl groups is 1. The van der Waals surface area contributed by atoms with Gasteiger partial charge in [0.1, 0.15) is 11.0 Å². The predicted molar refractivity (Wildman–Crippen MR) is 70.1 cm³/mol.